The standard InChI is InChI=1S/C18H21NO2/c1-12-5-6-17(15(4)19-20)18(10-12)21-11-16-8-13(2)7-14(3)9-16/h5-10,20H,11H2,1-4H3. The van der Waals surface area contributed by atoms with Crippen molar-refractivity contribution in [2.75, 3.05) is 0 Å². The van der Waals surface area contributed by atoms with E-state index in [2.05, 4.69) is 37.2 Å². The van der Waals surface area contributed by atoms with Crippen molar-refractivity contribution in [3.63, 3.8) is 0 Å². The Kier molecular flexibility index (Phi) is 4.63. The summed E-state index contributed by atoms with van der Waals surface area (Å²) in [5.74, 6) is 0.740. The Labute approximate surface area is 125 Å². The van der Waals surface area contributed by atoms with Gasteiger partial charge in [0, 0.05) is 5.56 Å². The van der Waals surface area contributed by atoms with E-state index >= 15 is 0 Å². The minimum absolute atomic E-state index is 0.498. The molecule has 0 spiro atoms. The van der Waals surface area contributed by atoms with Gasteiger partial charge >= 0.3 is 0 Å². The molecule has 0 saturated heterocycles. The molecule has 0 aromatic heterocycles. The first-order valence-corrected chi connectivity index (χ1v) is 6.99. The molecular formula is C18H21NO2. The molecule has 0 unspecified atom stereocenters. The summed E-state index contributed by atoms with van der Waals surface area (Å²) in [7, 11) is 0. The van der Waals surface area contributed by atoms with Crippen molar-refractivity contribution in [3.8, 4) is 5.75 Å². The lowest BCUT2D eigenvalue weighted by molar-refractivity contribution is 0.303. The molecule has 2 rings (SSSR count). The van der Waals surface area contributed by atoms with Crippen LogP contribution in [0.5, 0.6) is 5.75 Å². The molecule has 0 aliphatic heterocycles. The van der Waals surface area contributed by atoms with Gasteiger partial charge in [0.25, 0.3) is 0 Å². The van der Waals surface area contributed by atoms with Gasteiger partial charge in [-0.3, -0.25) is 0 Å². The smallest absolute Gasteiger partial charge is 0.129 e. The van der Waals surface area contributed by atoms with Crippen molar-refractivity contribution < 1.29 is 9.94 Å². The molecule has 0 bridgehead atoms. The zero-order chi connectivity index (χ0) is 15.4. The maximum absolute atomic E-state index is 8.97. The SMILES string of the molecule is CC(=NO)c1ccc(C)cc1OCc1cc(C)cc(C)c1. The van der Waals surface area contributed by atoms with Crippen LogP contribution in [0.15, 0.2) is 41.6 Å². The van der Waals surface area contributed by atoms with E-state index in [0.29, 0.717) is 12.3 Å². The van der Waals surface area contributed by atoms with Crippen LogP contribution in [0.25, 0.3) is 0 Å². The highest BCUT2D eigenvalue weighted by Gasteiger charge is 2.08. The number of nitrogens with zero attached hydrogens (tertiary/aromatic N) is 1. The third kappa shape index (κ3) is 3.85. The van der Waals surface area contributed by atoms with Gasteiger partial charge in [0.15, 0.2) is 0 Å². The van der Waals surface area contributed by atoms with Crippen LogP contribution in [0.2, 0.25) is 0 Å². The fraction of sp³-hybridized carbons (Fsp3) is 0.278. The van der Waals surface area contributed by atoms with Gasteiger partial charge in [-0.25, -0.2) is 0 Å². The highest BCUT2D eigenvalue weighted by Crippen LogP contribution is 2.23. The highest BCUT2D eigenvalue weighted by atomic mass is 16.5. The van der Waals surface area contributed by atoms with Gasteiger partial charge in [-0.2, -0.15) is 0 Å². The monoisotopic (exact) mass is 283 g/mol. The lowest BCUT2D eigenvalue weighted by Gasteiger charge is -2.12. The average Bonchev–Trinajstić information content (AvgIpc) is 2.43. The Morgan fingerprint density at radius 3 is 2.29 bits per heavy atom. The van der Waals surface area contributed by atoms with Crippen LogP contribution in [-0.2, 0) is 6.61 Å². The first-order valence-electron chi connectivity index (χ1n) is 6.99. The molecule has 1 N–H and O–H groups in total. The van der Waals surface area contributed by atoms with Gasteiger partial charge in [-0.15, -0.1) is 0 Å². The van der Waals surface area contributed by atoms with E-state index in [9.17, 15) is 0 Å². The van der Waals surface area contributed by atoms with Crippen molar-refractivity contribution in [2.45, 2.75) is 34.3 Å². The van der Waals surface area contributed by atoms with Crippen molar-refractivity contribution in [2.24, 2.45) is 5.16 Å². The van der Waals surface area contributed by atoms with E-state index in [4.69, 9.17) is 9.94 Å². The van der Waals surface area contributed by atoms with E-state index in [1.807, 2.05) is 25.1 Å². The minimum Gasteiger partial charge on any atom is -0.488 e. The van der Waals surface area contributed by atoms with Crippen molar-refractivity contribution in [1.82, 2.24) is 0 Å². The predicted molar refractivity (Wildman–Crippen MR) is 85.4 cm³/mol. The van der Waals surface area contributed by atoms with E-state index in [0.717, 1.165) is 22.4 Å². The molecule has 21 heavy (non-hydrogen) atoms. The Morgan fingerprint density at radius 1 is 1.00 bits per heavy atom. The Bertz CT molecular complexity index is 655. The van der Waals surface area contributed by atoms with Crippen LogP contribution < -0.4 is 4.74 Å². The first kappa shape index (κ1) is 15.1. The number of aryl methyl sites for hydroxylation is 3. The summed E-state index contributed by atoms with van der Waals surface area (Å²) in [4.78, 5) is 0. The topological polar surface area (TPSA) is 41.8 Å². The quantitative estimate of drug-likeness (QED) is 0.513. The molecule has 0 atom stereocenters. The predicted octanol–water partition coefficient (Wildman–Crippen LogP) is 4.39. The molecule has 3 heteroatoms. The Morgan fingerprint density at radius 2 is 1.67 bits per heavy atom. The van der Waals surface area contributed by atoms with Crippen LogP contribution in [-0.4, -0.2) is 10.9 Å². The average molecular weight is 283 g/mol. The van der Waals surface area contributed by atoms with Crippen molar-refractivity contribution >= 4 is 5.71 Å². The molecule has 2 aromatic carbocycles. The van der Waals surface area contributed by atoms with Crippen LogP contribution in [0.4, 0.5) is 0 Å². The first-order chi connectivity index (χ1) is 9.99. The van der Waals surface area contributed by atoms with Gasteiger partial charge < -0.3 is 9.94 Å². The third-order valence-corrected chi connectivity index (χ3v) is 3.35. The molecule has 0 saturated carbocycles. The van der Waals surface area contributed by atoms with Gasteiger partial charge in [-0.1, -0.05) is 40.5 Å². The largest absolute Gasteiger partial charge is 0.488 e. The molecule has 110 valence electrons. The van der Waals surface area contributed by atoms with Crippen LogP contribution in [0, 0.1) is 20.8 Å². The Balaban J connectivity index is 2.25. The molecule has 0 heterocycles. The second-order valence-corrected chi connectivity index (χ2v) is 5.47. The van der Waals surface area contributed by atoms with Crippen LogP contribution >= 0.6 is 0 Å². The zero-order valence-corrected chi connectivity index (χ0v) is 13.0. The number of hydrogen-bond acceptors (Lipinski definition) is 3. The number of oxime groups is 1. The summed E-state index contributed by atoms with van der Waals surface area (Å²) >= 11 is 0. The van der Waals surface area contributed by atoms with Crippen LogP contribution in [0.3, 0.4) is 0 Å². The minimum atomic E-state index is 0.498. The number of benzene rings is 2. The van der Waals surface area contributed by atoms with E-state index in [1.165, 1.54) is 11.1 Å². The van der Waals surface area contributed by atoms with Crippen LogP contribution in [0.1, 0.15) is 34.7 Å². The molecule has 0 aliphatic carbocycles. The number of ether oxygens (including phenoxy) is 1. The molecular weight excluding hydrogens is 262 g/mol. The Hall–Kier alpha value is -2.29. The molecule has 0 radical (unpaired) electrons. The highest BCUT2D eigenvalue weighted by molar-refractivity contribution is 6.00. The molecule has 3 nitrogen and oxygen atoms in total. The van der Waals surface area contributed by atoms with Crippen molar-refractivity contribution in [3.05, 3.63) is 64.2 Å². The lowest BCUT2D eigenvalue weighted by Crippen LogP contribution is -2.03. The van der Waals surface area contributed by atoms with Gasteiger partial charge in [0.1, 0.15) is 12.4 Å². The summed E-state index contributed by atoms with van der Waals surface area (Å²) in [6.07, 6.45) is 0. The number of rotatable bonds is 4. The fourth-order valence-corrected chi connectivity index (χ4v) is 2.42. The summed E-state index contributed by atoms with van der Waals surface area (Å²) in [5, 5.41) is 12.2. The summed E-state index contributed by atoms with van der Waals surface area (Å²) in [6, 6.07) is 12.2. The molecule has 0 amide bonds. The van der Waals surface area contributed by atoms with Gasteiger partial charge in [0.2, 0.25) is 0 Å². The van der Waals surface area contributed by atoms with E-state index in [1.54, 1.807) is 6.92 Å². The summed E-state index contributed by atoms with van der Waals surface area (Å²) in [6.45, 7) is 8.43. The zero-order valence-electron chi connectivity index (χ0n) is 13.0. The van der Waals surface area contributed by atoms with E-state index in [-0.39, 0.29) is 0 Å². The summed E-state index contributed by atoms with van der Waals surface area (Å²) in [5.41, 5.74) is 6.06. The second-order valence-electron chi connectivity index (χ2n) is 5.47. The summed E-state index contributed by atoms with van der Waals surface area (Å²) < 4.78 is 5.95. The van der Waals surface area contributed by atoms with E-state index < -0.39 is 0 Å². The lowest BCUT2D eigenvalue weighted by atomic mass is 10.1. The third-order valence-electron chi connectivity index (χ3n) is 3.35. The van der Waals surface area contributed by atoms with Gasteiger partial charge in [-0.05, 0) is 51.0 Å². The molecule has 2 aromatic rings. The molecule has 0 aliphatic rings. The maximum atomic E-state index is 8.97. The van der Waals surface area contributed by atoms with Crippen molar-refractivity contribution in [1.29, 1.82) is 0 Å². The van der Waals surface area contributed by atoms with Gasteiger partial charge in [0.05, 0.1) is 5.71 Å². The number of hydrogen-bond donors (Lipinski definition) is 1. The normalized spacial score (nSPS) is 11.5. The second kappa shape index (κ2) is 6.44. The maximum Gasteiger partial charge on any atom is 0.129 e. The molecule has 0 fully saturated rings. The fourth-order valence-electron chi connectivity index (χ4n) is 2.42.